The fraction of sp³-hybridized carbons (Fsp3) is 0.0323. The Hall–Kier alpha value is -8.74. The van der Waals surface area contributed by atoms with Gasteiger partial charge in [-0.25, -0.2) is 0 Å². The van der Waals surface area contributed by atoms with Gasteiger partial charge in [-0.2, -0.15) is 0 Å². The van der Waals surface area contributed by atoms with Gasteiger partial charge < -0.3 is 24.0 Å². The summed E-state index contributed by atoms with van der Waals surface area (Å²) < 4.78 is 6.34. The van der Waals surface area contributed by atoms with Crippen LogP contribution in [0.4, 0.5) is 68.2 Å². The van der Waals surface area contributed by atoms with Gasteiger partial charge in [0, 0.05) is 73.3 Å². The molecule has 3 heterocycles. The molecule has 11 aromatic rings. The Balaban J connectivity index is 1.11. The average molecular weight is 873 g/mol. The van der Waals surface area contributed by atoms with Crippen LogP contribution in [-0.2, 0) is 0 Å². The molecule has 10 aromatic carbocycles. The Morgan fingerprint density at radius 2 is 0.838 bits per heavy atom. The minimum atomic E-state index is -0.0598. The van der Waals surface area contributed by atoms with E-state index in [2.05, 4.69) is 258 Å². The SMILES string of the molecule is Cc1ccc(N2c3ccc(C)cc3B3c4ccc(N(c5ccccc5)c5ccc6oc7ccccc7c6c5)cc4N(c4ccccc4)c4cc(N(c5ccccc5)c5ccccc5)cc2c43)cc1. The lowest BCUT2D eigenvalue weighted by molar-refractivity contribution is 0.669. The molecule has 0 amide bonds. The largest absolute Gasteiger partial charge is 0.456 e. The molecule has 0 bridgehead atoms. The van der Waals surface area contributed by atoms with Gasteiger partial charge in [0.1, 0.15) is 11.2 Å². The number of nitrogens with zero attached hydrogens (tertiary/aromatic N) is 4. The molecule has 13 rings (SSSR count). The first-order chi connectivity index (χ1) is 33.6. The highest BCUT2D eigenvalue weighted by Gasteiger charge is 2.44. The lowest BCUT2D eigenvalue weighted by atomic mass is 9.33. The van der Waals surface area contributed by atoms with Gasteiger partial charge in [-0.05, 0) is 145 Å². The molecule has 0 unspecified atom stereocenters. The highest BCUT2D eigenvalue weighted by Crippen LogP contribution is 2.49. The second kappa shape index (κ2) is 16.0. The van der Waals surface area contributed by atoms with Crippen molar-refractivity contribution in [1.29, 1.82) is 0 Å². The number of hydrogen-bond acceptors (Lipinski definition) is 5. The van der Waals surface area contributed by atoms with E-state index in [1.165, 1.54) is 33.2 Å². The topological polar surface area (TPSA) is 26.1 Å². The van der Waals surface area contributed by atoms with Crippen LogP contribution >= 0.6 is 0 Å². The monoisotopic (exact) mass is 872 g/mol. The standard InChI is InChI=1S/C62H45BN4O/c1-42-27-30-48(31-28-42)66-56-35-29-43(2)37-55(56)63-54-34-32-50(65(46-21-11-5-12-22-46)49-33-36-61-53(38-49)52-25-15-16-26-60(52)68-61)39-57(54)67(47-23-13-6-14-24-47)59-41-51(40-58(66)62(59)63)64(44-17-7-3-8-18-44)45-19-9-4-10-20-45/h3-41H,1-2H3. The Labute approximate surface area is 397 Å². The molecule has 5 nitrogen and oxygen atoms in total. The Morgan fingerprint density at radius 1 is 0.338 bits per heavy atom. The number of benzene rings is 10. The first-order valence-electron chi connectivity index (χ1n) is 23.4. The fourth-order valence-corrected chi connectivity index (χ4v) is 10.7. The van der Waals surface area contributed by atoms with Crippen molar-refractivity contribution in [2.24, 2.45) is 0 Å². The summed E-state index contributed by atoms with van der Waals surface area (Å²) >= 11 is 0. The Kier molecular flexibility index (Phi) is 9.32. The number of rotatable bonds is 8. The van der Waals surface area contributed by atoms with Crippen molar-refractivity contribution in [2.75, 3.05) is 19.6 Å². The third-order valence-corrected chi connectivity index (χ3v) is 13.7. The van der Waals surface area contributed by atoms with Crippen LogP contribution in [0.5, 0.6) is 0 Å². The summed E-state index contributed by atoms with van der Waals surface area (Å²) in [6, 6.07) is 86.0. The van der Waals surface area contributed by atoms with Crippen molar-refractivity contribution in [1.82, 2.24) is 0 Å². The van der Waals surface area contributed by atoms with Crippen molar-refractivity contribution in [3.63, 3.8) is 0 Å². The molecule has 1 aromatic heterocycles. The van der Waals surface area contributed by atoms with Crippen molar-refractivity contribution < 1.29 is 4.42 Å². The maximum atomic E-state index is 6.34. The minimum Gasteiger partial charge on any atom is -0.456 e. The summed E-state index contributed by atoms with van der Waals surface area (Å²) in [5, 5.41) is 2.19. The zero-order valence-corrected chi connectivity index (χ0v) is 37.8. The van der Waals surface area contributed by atoms with Gasteiger partial charge >= 0.3 is 0 Å². The predicted octanol–water partition coefficient (Wildman–Crippen LogP) is 15.2. The van der Waals surface area contributed by atoms with Crippen molar-refractivity contribution in [3.8, 4) is 0 Å². The molecule has 0 atom stereocenters. The van der Waals surface area contributed by atoms with E-state index >= 15 is 0 Å². The van der Waals surface area contributed by atoms with E-state index in [0.717, 1.165) is 84.5 Å². The van der Waals surface area contributed by atoms with Gasteiger partial charge in [-0.3, -0.25) is 0 Å². The number of para-hydroxylation sites is 5. The molecule has 0 saturated heterocycles. The molecule has 0 spiro atoms. The molecule has 2 aliphatic rings. The summed E-state index contributed by atoms with van der Waals surface area (Å²) in [5.41, 5.74) is 21.3. The number of fused-ring (bicyclic) bond motifs is 7. The van der Waals surface area contributed by atoms with Crippen molar-refractivity contribution in [2.45, 2.75) is 13.8 Å². The third kappa shape index (κ3) is 6.48. The number of furan rings is 1. The van der Waals surface area contributed by atoms with E-state index in [0.29, 0.717) is 0 Å². The third-order valence-electron chi connectivity index (χ3n) is 13.7. The van der Waals surface area contributed by atoms with Crippen LogP contribution in [0.3, 0.4) is 0 Å². The van der Waals surface area contributed by atoms with Crippen LogP contribution in [0.15, 0.2) is 241 Å². The van der Waals surface area contributed by atoms with Crippen LogP contribution in [0.25, 0.3) is 21.9 Å². The number of anilines is 12. The molecule has 0 N–H and O–H groups in total. The predicted molar refractivity (Wildman–Crippen MR) is 287 cm³/mol. The van der Waals surface area contributed by atoms with Crippen LogP contribution in [0, 0.1) is 13.8 Å². The van der Waals surface area contributed by atoms with Crippen molar-refractivity contribution in [3.05, 3.63) is 248 Å². The summed E-state index contributed by atoms with van der Waals surface area (Å²) in [6.07, 6.45) is 0. The maximum absolute atomic E-state index is 6.34. The smallest absolute Gasteiger partial charge is 0.252 e. The molecular weight excluding hydrogens is 828 g/mol. The second-order valence-corrected chi connectivity index (χ2v) is 17.9. The lowest BCUT2D eigenvalue weighted by Gasteiger charge is -2.45. The zero-order valence-electron chi connectivity index (χ0n) is 37.8. The van der Waals surface area contributed by atoms with Gasteiger partial charge in [-0.15, -0.1) is 0 Å². The van der Waals surface area contributed by atoms with Gasteiger partial charge in [0.25, 0.3) is 6.71 Å². The molecule has 322 valence electrons. The van der Waals surface area contributed by atoms with E-state index < -0.39 is 0 Å². The molecule has 2 aliphatic heterocycles. The molecule has 68 heavy (non-hydrogen) atoms. The van der Waals surface area contributed by atoms with E-state index in [-0.39, 0.29) is 6.71 Å². The van der Waals surface area contributed by atoms with Crippen molar-refractivity contribution >= 4 is 113 Å². The fourth-order valence-electron chi connectivity index (χ4n) is 10.7. The highest BCUT2D eigenvalue weighted by atomic mass is 16.3. The molecule has 6 heteroatoms. The van der Waals surface area contributed by atoms with Crippen LogP contribution < -0.4 is 36.0 Å². The Morgan fingerprint density at radius 3 is 1.50 bits per heavy atom. The van der Waals surface area contributed by atoms with Crippen LogP contribution in [-0.4, -0.2) is 6.71 Å². The summed E-state index contributed by atoms with van der Waals surface area (Å²) in [7, 11) is 0. The zero-order chi connectivity index (χ0) is 45.3. The minimum absolute atomic E-state index is 0.0598. The van der Waals surface area contributed by atoms with Gasteiger partial charge in [0.05, 0.1) is 5.69 Å². The van der Waals surface area contributed by atoms with E-state index in [1.54, 1.807) is 0 Å². The number of aryl methyl sites for hydroxylation is 2. The second-order valence-electron chi connectivity index (χ2n) is 17.9. The number of hydrogen-bond donors (Lipinski definition) is 0. The summed E-state index contributed by atoms with van der Waals surface area (Å²) in [5.74, 6) is 0. The highest BCUT2D eigenvalue weighted by molar-refractivity contribution is 7.00. The summed E-state index contributed by atoms with van der Waals surface area (Å²) in [6.45, 7) is 4.32. The van der Waals surface area contributed by atoms with Gasteiger partial charge in [-0.1, -0.05) is 132 Å². The van der Waals surface area contributed by atoms with E-state index in [4.69, 9.17) is 4.42 Å². The first kappa shape index (κ1) is 39.6. The molecule has 0 saturated carbocycles. The summed E-state index contributed by atoms with van der Waals surface area (Å²) in [4.78, 5) is 9.78. The van der Waals surface area contributed by atoms with Gasteiger partial charge in [0.2, 0.25) is 0 Å². The van der Waals surface area contributed by atoms with Crippen LogP contribution in [0.2, 0.25) is 0 Å². The van der Waals surface area contributed by atoms with E-state index in [1.807, 2.05) is 12.1 Å². The first-order valence-corrected chi connectivity index (χ1v) is 23.4. The average Bonchev–Trinajstić information content (AvgIpc) is 3.76. The Bertz CT molecular complexity index is 3630. The quantitative estimate of drug-likeness (QED) is 0.142. The molecule has 0 aliphatic carbocycles. The van der Waals surface area contributed by atoms with Crippen LogP contribution in [0.1, 0.15) is 11.1 Å². The molecular formula is C62H45BN4O. The molecule has 0 fully saturated rings. The van der Waals surface area contributed by atoms with Gasteiger partial charge in [0.15, 0.2) is 0 Å². The molecule has 0 radical (unpaired) electrons. The van der Waals surface area contributed by atoms with E-state index in [9.17, 15) is 0 Å². The maximum Gasteiger partial charge on any atom is 0.252 e. The normalized spacial score (nSPS) is 12.5. The lowest BCUT2D eigenvalue weighted by Crippen LogP contribution is -2.61.